The van der Waals surface area contributed by atoms with Gasteiger partial charge in [0.1, 0.15) is 6.10 Å². The van der Waals surface area contributed by atoms with Gasteiger partial charge in [-0.15, -0.1) is 0 Å². The molecule has 2 rings (SSSR count). The van der Waals surface area contributed by atoms with Gasteiger partial charge in [-0.1, -0.05) is 0 Å². The van der Waals surface area contributed by atoms with Crippen LogP contribution in [0.4, 0.5) is 4.79 Å². The molecule has 84 valence electrons. The average molecular weight is 213 g/mol. The molecule has 1 spiro atoms. The van der Waals surface area contributed by atoms with E-state index in [9.17, 15) is 14.7 Å². The van der Waals surface area contributed by atoms with Crippen molar-refractivity contribution in [2.75, 3.05) is 13.1 Å². The molecule has 1 amide bonds. The number of carboxylic acid groups (broad SMARTS) is 1. The summed E-state index contributed by atoms with van der Waals surface area (Å²) in [6.07, 6.45) is 0.633. The number of rotatable bonds is 0. The highest BCUT2D eigenvalue weighted by Gasteiger charge is 2.48. The highest BCUT2D eigenvalue weighted by Crippen LogP contribution is 2.43. The number of carbonyl (C=O) groups excluding carboxylic acids is 1. The largest absolute Gasteiger partial charge is 0.465 e. The molecule has 1 atom stereocenters. The van der Waals surface area contributed by atoms with Crippen molar-refractivity contribution in [2.45, 2.75) is 31.8 Å². The Hall–Kier alpha value is -1.10. The first-order valence-electron chi connectivity index (χ1n) is 5.25. The van der Waals surface area contributed by atoms with Crippen molar-refractivity contribution in [1.82, 2.24) is 4.90 Å². The lowest BCUT2D eigenvalue weighted by Gasteiger charge is -2.36. The second-order valence-corrected chi connectivity index (χ2v) is 4.47. The lowest BCUT2D eigenvalue weighted by Crippen LogP contribution is -2.45. The van der Waals surface area contributed by atoms with Crippen LogP contribution in [0.1, 0.15) is 25.7 Å². The van der Waals surface area contributed by atoms with Gasteiger partial charge in [-0.05, 0) is 25.7 Å². The van der Waals surface area contributed by atoms with Crippen molar-refractivity contribution in [3.8, 4) is 0 Å². The van der Waals surface area contributed by atoms with Crippen LogP contribution >= 0.6 is 0 Å². The standard InChI is InChI=1S/C10H15NO4/c12-7-1-2-10(8(7)13)3-5-11(6-4-10)9(14)15/h7,12H,1-6H2,(H,14,15). The molecule has 1 saturated heterocycles. The smallest absolute Gasteiger partial charge is 0.407 e. The van der Waals surface area contributed by atoms with Gasteiger partial charge in [-0.25, -0.2) is 4.79 Å². The minimum Gasteiger partial charge on any atom is -0.465 e. The van der Waals surface area contributed by atoms with Gasteiger partial charge in [-0.3, -0.25) is 4.79 Å². The van der Waals surface area contributed by atoms with E-state index in [4.69, 9.17) is 5.11 Å². The fourth-order valence-corrected chi connectivity index (χ4v) is 2.64. The van der Waals surface area contributed by atoms with E-state index in [-0.39, 0.29) is 5.78 Å². The number of aliphatic hydroxyl groups excluding tert-OH is 1. The first kappa shape index (κ1) is 10.4. The quantitative estimate of drug-likeness (QED) is 0.613. The molecule has 1 heterocycles. The molecule has 1 aliphatic heterocycles. The Balaban J connectivity index is 2.04. The van der Waals surface area contributed by atoms with Gasteiger partial charge in [-0.2, -0.15) is 0 Å². The zero-order valence-corrected chi connectivity index (χ0v) is 8.48. The Kier molecular flexibility index (Phi) is 2.42. The molecule has 0 radical (unpaired) electrons. The predicted molar refractivity (Wildman–Crippen MR) is 51.5 cm³/mol. The summed E-state index contributed by atoms with van der Waals surface area (Å²) < 4.78 is 0. The van der Waals surface area contributed by atoms with Gasteiger partial charge in [0.05, 0.1) is 0 Å². The third-order valence-corrected chi connectivity index (χ3v) is 3.71. The number of nitrogens with zero attached hydrogens (tertiary/aromatic N) is 1. The number of carbonyl (C=O) groups is 2. The van der Waals surface area contributed by atoms with E-state index >= 15 is 0 Å². The normalized spacial score (nSPS) is 29.8. The van der Waals surface area contributed by atoms with Crippen LogP contribution in [0, 0.1) is 5.41 Å². The molecule has 0 aromatic rings. The number of amides is 1. The molecule has 2 fully saturated rings. The lowest BCUT2D eigenvalue weighted by atomic mass is 9.76. The molecular formula is C10H15NO4. The van der Waals surface area contributed by atoms with Gasteiger partial charge < -0.3 is 15.1 Å². The van der Waals surface area contributed by atoms with Crippen LogP contribution in [0.5, 0.6) is 0 Å². The summed E-state index contributed by atoms with van der Waals surface area (Å²) in [6, 6.07) is 0. The van der Waals surface area contributed by atoms with Gasteiger partial charge >= 0.3 is 6.09 Å². The van der Waals surface area contributed by atoms with Gasteiger partial charge in [0.15, 0.2) is 5.78 Å². The SMILES string of the molecule is O=C(O)N1CCC2(CCC(O)C2=O)CC1. The summed E-state index contributed by atoms with van der Waals surface area (Å²) in [5.41, 5.74) is -0.425. The molecule has 0 bridgehead atoms. The minimum atomic E-state index is -0.921. The first-order chi connectivity index (χ1) is 7.05. The Morgan fingerprint density at radius 1 is 1.33 bits per heavy atom. The van der Waals surface area contributed by atoms with E-state index in [1.807, 2.05) is 0 Å². The molecule has 2 aliphatic rings. The van der Waals surface area contributed by atoms with E-state index in [1.54, 1.807) is 0 Å². The maximum atomic E-state index is 11.7. The topological polar surface area (TPSA) is 77.8 Å². The molecule has 0 aromatic heterocycles. The highest BCUT2D eigenvalue weighted by molar-refractivity contribution is 5.91. The highest BCUT2D eigenvalue weighted by atomic mass is 16.4. The third kappa shape index (κ3) is 1.61. The van der Waals surface area contributed by atoms with Crippen LogP contribution in [0.25, 0.3) is 0 Å². The van der Waals surface area contributed by atoms with E-state index in [1.165, 1.54) is 4.90 Å². The molecule has 5 heteroatoms. The van der Waals surface area contributed by atoms with E-state index in [0.29, 0.717) is 38.8 Å². The fraction of sp³-hybridized carbons (Fsp3) is 0.800. The molecule has 15 heavy (non-hydrogen) atoms. The summed E-state index contributed by atoms with van der Waals surface area (Å²) in [7, 11) is 0. The summed E-state index contributed by atoms with van der Waals surface area (Å²) in [4.78, 5) is 23.8. The molecule has 1 aliphatic carbocycles. The Bertz CT molecular complexity index is 294. The van der Waals surface area contributed by atoms with Gasteiger partial charge in [0, 0.05) is 18.5 Å². The molecular weight excluding hydrogens is 198 g/mol. The number of ketones is 1. The van der Waals surface area contributed by atoms with Crippen molar-refractivity contribution in [3.05, 3.63) is 0 Å². The van der Waals surface area contributed by atoms with Gasteiger partial charge in [0.25, 0.3) is 0 Å². The second kappa shape index (κ2) is 3.48. The van der Waals surface area contributed by atoms with Crippen LogP contribution in [-0.2, 0) is 4.79 Å². The number of hydrogen-bond donors (Lipinski definition) is 2. The number of piperidine rings is 1. The zero-order valence-electron chi connectivity index (χ0n) is 8.48. The van der Waals surface area contributed by atoms with Gasteiger partial charge in [0.2, 0.25) is 0 Å². The van der Waals surface area contributed by atoms with Crippen LogP contribution in [-0.4, -0.2) is 46.2 Å². The summed E-state index contributed by atoms with van der Waals surface area (Å²) in [5, 5.41) is 18.2. The number of aliphatic hydroxyl groups is 1. The predicted octanol–water partition coefficient (Wildman–Crippen LogP) is 0.470. The Morgan fingerprint density at radius 2 is 1.93 bits per heavy atom. The van der Waals surface area contributed by atoms with Crippen molar-refractivity contribution >= 4 is 11.9 Å². The summed E-state index contributed by atoms with van der Waals surface area (Å²) in [5.74, 6) is -0.0764. The molecule has 2 N–H and O–H groups in total. The number of Topliss-reactive ketones (excluding diaryl/α,β-unsaturated/α-hetero) is 1. The maximum Gasteiger partial charge on any atom is 0.407 e. The van der Waals surface area contributed by atoms with Crippen molar-refractivity contribution < 1.29 is 19.8 Å². The van der Waals surface area contributed by atoms with Crippen LogP contribution in [0.2, 0.25) is 0 Å². The Labute approximate surface area is 87.7 Å². The van der Waals surface area contributed by atoms with Crippen LogP contribution in [0.15, 0.2) is 0 Å². The molecule has 0 aromatic carbocycles. The minimum absolute atomic E-state index is 0.0764. The first-order valence-corrected chi connectivity index (χ1v) is 5.25. The zero-order chi connectivity index (χ0) is 11.1. The lowest BCUT2D eigenvalue weighted by molar-refractivity contribution is -0.134. The van der Waals surface area contributed by atoms with Crippen LogP contribution < -0.4 is 0 Å². The van der Waals surface area contributed by atoms with Crippen molar-refractivity contribution in [1.29, 1.82) is 0 Å². The molecule has 1 unspecified atom stereocenters. The average Bonchev–Trinajstić information content (AvgIpc) is 2.48. The monoisotopic (exact) mass is 213 g/mol. The summed E-state index contributed by atoms with van der Waals surface area (Å²) in [6.45, 7) is 0.821. The number of likely N-dealkylation sites (tertiary alicyclic amines) is 1. The van der Waals surface area contributed by atoms with Crippen LogP contribution in [0.3, 0.4) is 0 Å². The third-order valence-electron chi connectivity index (χ3n) is 3.71. The number of hydrogen-bond acceptors (Lipinski definition) is 3. The fourth-order valence-electron chi connectivity index (χ4n) is 2.64. The maximum absolute atomic E-state index is 11.7. The van der Waals surface area contributed by atoms with Crippen molar-refractivity contribution in [3.63, 3.8) is 0 Å². The second-order valence-electron chi connectivity index (χ2n) is 4.47. The Morgan fingerprint density at radius 3 is 2.33 bits per heavy atom. The van der Waals surface area contributed by atoms with E-state index < -0.39 is 17.6 Å². The van der Waals surface area contributed by atoms with Crippen molar-refractivity contribution in [2.24, 2.45) is 5.41 Å². The molecule has 5 nitrogen and oxygen atoms in total. The molecule has 1 saturated carbocycles. The van der Waals surface area contributed by atoms with E-state index in [2.05, 4.69) is 0 Å². The summed E-state index contributed by atoms with van der Waals surface area (Å²) >= 11 is 0. The van der Waals surface area contributed by atoms with E-state index in [0.717, 1.165) is 0 Å².